The zero-order chi connectivity index (χ0) is 17.8. The van der Waals surface area contributed by atoms with Crippen molar-refractivity contribution in [3.05, 3.63) is 36.2 Å². The van der Waals surface area contributed by atoms with Gasteiger partial charge in [-0.2, -0.15) is 9.61 Å². The van der Waals surface area contributed by atoms with Gasteiger partial charge in [-0.05, 0) is 13.8 Å². The molecule has 0 radical (unpaired) electrons. The summed E-state index contributed by atoms with van der Waals surface area (Å²) in [5.41, 5.74) is 0.455. The smallest absolute Gasteiger partial charge is 0.194 e. The van der Waals surface area contributed by atoms with E-state index in [1.807, 2.05) is 13.8 Å². The third-order valence-electron chi connectivity index (χ3n) is 3.95. The Morgan fingerprint density at radius 2 is 1.48 bits per heavy atom. The Labute approximate surface area is 143 Å². The van der Waals surface area contributed by atoms with Crippen molar-refractivity contribution in [1.29, 1.82) is 0 Å². The molecule has 25 heavy (non-hydrogen) atoms. The van der Waals surface area contributed by atoms with Gasteiger partial charge in [0.25, 0.3) is 0 Å². The van der Waals surface area contributed by atoms with E-state index < -0.39 is 5.41 Å². The van der Waals surface area contributed by atoms with E-state index in [2.05, 4.69) is 61.2 Å². The summed E-state index contributed by atoms with van der Waals surface area (Å²) in [6, 6.07) is 0. The second-order valence-corrected chi connectivity index (χ2v) is 7.45. The van der Waals surface area contributed by atoms with Gasteiger partial charge in [-0.15, -0.1) is 25.0 Å². The molecule has 0 N–H and O–H groups in total. The first-order valence-corrected chi connectivity index (χ1v) is 7.90. The molecule has 0 aromatic carbocycles. The first-order valence-electron chi connectivity index (χ1n) is 7.90. The largest absolute Gasteiger partial charge is 0.234 e. The normalized spacial score (nSPS) is 13.0. The fraction of sp³-hybridized carbons (Fsp3) is 0.467. The van der Waals surface area contributed by atoms with E-state index in [1.165, 1.54) is 11.0 Å². The molecule has 0 bridgehead atoms. The van der Waals surface area contributed by atoms with E-state index >= 15 is 0 Å². The molecule has 4 rings (SSSR count). The molecule has 0 spiro atoms. The van der Waals surface area contributed by atoms with Crippen LogP contribution >= 0.6 is 0 Å². The van der Waals surface area contributed by atoms with Crippen LogP contribution in [0, 0.1) is 0 Å². The summed E-state index contributed by atoms with van der Waals surface area (Å²) < 4.78 is 3.10. The molecule has 0 atom stereocenters. The fourth-order valence-corrected chi connectivity index (χ4v) is 2.35. The van der Waals surface area contributed by atoms with Gasteiger partial charge in [0.05, 0.1) is 17.8 Å². The van der Waals surface area contributed by atoms with E-state index in [0.29, 0.717) is 22.9 Å². The van der Waals surface area contributed by atoms with E-state index in [1.54, 1.807) is 16.9 Å². The van der Waals surface area contributed by atoms with Gasteiger partial charge in [-0.1, -0.05) is 20.8 Å². The van der Waals surface area contributed by atoms with Crippen LogP contribution in [0.4, 0.5) is 0 Å². The number of fused-ring (bicyclic) bond motifs is 2. The predicted octanol–water partition coefficient (Wildman–Crippen LogP) is 0.975. The average Bonchev–Trinajstić information content (AvgIpc) is 3.18. The monoisotopic (exact) mass is 338 g/mol. The molecule has 10 heteroatoms. The molecule has 4 aromatic heterocycles. The SMILES string of the molecule is CC(C)(C)c1nc2cnc(C(C)(C)c3nc4cnncn4n3)nn2n1. The van der Waals surface area contributed by atoms with Crippen LogP contribution in [0.25, 0.3) is 11.3 Å². The van der Waals surface area contributed by atoms with Crippen molar-refractivity contribution in [2.24, 2.45) is 0 Å². The highest BCUT2D eigenvalue weighted by Gasteiger charge is 2.32. The molecule has 0 aliphatic heterocycles. The van der Waals surface area contributed by atoms with Gasteiger partial charge in [0, 0.05) is 5.41 Å². The summed E-state index contributed by atoms with van der Waals surface area (Å²) in [5.74, 6) is 1.86. The Bertz CT molecular complexity index is 1040. The second-order valence-electron chi connectivity index (χ2n) is 7.45. The molecule has 4 aromatic rings. The van der Waals surface area contributed by atoms with Gasteiger partial charge in [-0.3, -0.25) is 0 Å². The third-order valence-corrected chi connectivity index (χ3v) is 3.95. The lowest BCUT2D eigenvalue weighted by Crippen LogP contribution is -2.25. The zero-order valence-corrected chi connectivity index (χ0v) is 14.7. The summed E-state index contributed by atoms with van der Waals surface area (Å²) in [7, 11) is 0. The number of aromatic nitrogens is 10. The van der Waals surface area contributed by atoms with Crippen LogP contribution in [0.1, 0.15) is 52.1 Å². The van der Waals surface area contributed by atoms with Gasteiger partial charge in [0.15, 0.2) is 28.8 Å². The van der Waals surface area contributed by atoms with Crippen LogP contribution in [0.5, 0.6) is 0 Å². The molecule has 0 saturated heterocycles. The van der Waals surface area contributed by atoms with Crippen molar-refractivity contribution < 1.29 is 0 Å². The quantitative estimate of drug-likeness (QED) is 0.531. The molecule has 0 amide bonds. The van der Waals surface area contributed by atoms with Crippen molar-refractivity contribution in [3.63, 3.8) is 0 Å². The van der Waals surface area contributed by atoms with E-state index in [4.69, 9.17) is 0 Å². The average molecular weight is 338 g/mol. The molecule has 0 aliphatic carbocycles. The second kappa shape index (κ2) is 4.98. The molecule has 0 fully saturated rings. The van der Waals surface area contributed by atoms with Gasteiger partial charge in [0.1, 0.15) is 6.33 Å². The summed E-state index contributed by atoms with van der Waals surface area (Å²) in [4.78, 5) is 13.5. The maximum absolute atomic E-state index is 4.54. The van der Waals surface area contributed by atoms with E-state index in [9.17, 15) is 0 Å². The van der Waals surface area contributed by atoms with Gasteiger partial charge < -0.3 is 0 Å². The fourth-order valence-electron chi connectivity index (χ4n) is 2.35. The Balaban J connectivity index is 1.81. The molecule has 0 aliphatic rings. The van der Waals surface area contributed by atoms with Crippen LogP contribution in [0.2, 0.25) is 0 Å². The van der Waals surface area contributed by atoms with Crippen LogP contribution in [-0.2, 0) is 10.8 Å². The first kappa shape index (κ1) is 15.5. The number of hydrogen-bond donors (Lipinski definition) is 0. The molecule has 0 saturated carbocycles. The topological polar surface area (TPSA) is 112 Å². The van der Waals surface area contributed by atoms with Crippen molar-refractivity contribution in [2.45, 2.75) is 45.4 Å². The number of hydrogen-bond acceptors (Lipinski definition) is 8. The van der Waals surface area contributed by atoms with Gasteiger partial charge in [0.2, 0.25) is 0 Å². The molecular weight excluding hydrogens is 320 g/mol. The Kier molecular flexibility index (Phi) is 3.08. The predicted molar refractivity (Wildman–Crippen MR) is 88.0 cm³/mol. The standard InChI is InChI=1S/C15H18N10/c1-14(2,3)11-20-10-6-16-12(23-25(10)22-11)15(4,5)13-19-9-7-17-18-8-24(9)21-13/h6-8H,1-5H3. The summed E-state index contributed by atoms with van der Waals surface area (Å²) in [6.07, 6.45) is 4.74. The summed E-state index contributed by atoms with van der Waals surface area (Å²) >= 11 is 0. The highest BCUT2D eigenvalue weighted by Crippen LogP contribution is 2.26. The van der Waals surface area contributed by atoms with E-state index in [-0.39, 0.29) is 5.41 Å². The van der Waals surface area contributed by atoms with Crippen LogP contribution in [0.3, 0.4) is 0 Å². The van der Waals surface area contributed by atoms with Crippen LogP contribution in [-0.4, -0.2) is 49.6 Å². The van der Waals surface area contributed by atoms with Crippen molar-refractivity contribution >= 4 is 11.3 Å². The lowest BCUT2D eigenvalue weighted by molar-refractivity contribution is 0.514. The number of rotatable bonds is 2. The third kappa shape index (κ3) is 2.49. The minimum atomic E-state index is -0.617. The molecular formula is C15H18N10. The molecule has 4 heterocycles. The van der Waals surface area contributed by atoms with Crippen molar-refractivity contribution in [2.75, 3.05) is 0 Å². The highest BCUT2D eigenvalue weighted by molar-refractivity contribution is 5.37. The first-order chi connectivity index (χ1) is 11.7. The molecule has 10 nitrogen and oxygen atoms in total. The maximum Gasteiger partial charge on any atom is 0.194 e. The Morgan fingerprint density at radius 3 is 2.20 bits per heavy atom. The summed E-state index contributed by atoms with van der Waals surface area (Å²) in [6.45, 7) is 10.1. The van der Waals surface area contributed by atoms with Crippen LogP contribution < -0.4 is 0 Å². The highest BCUT2D eigenvalue weighted by atomic mass is 15.5. The lowest BCUT2D eigenvalue weighted by Gasteiger charge is -2.18. The van der Waals surface area contributed by atoms with Crippen LogP contribution in [0.15, 0.2) is 18.7 Å². The number of nitrogens with zero attached hydrogens (tertiary/aromatic N) is 10. The minimum absolute atomic E-state index is 0.160. The van der Waals surface area contributed by atoms with Gasteiger partial charge in [-0.25, -0.2) is 15.0 Å². The Hall–Kier alpha value is -3.04. The lowest BCUT2D eigenvalue weighted by atomic mass is 9.91. The zero-order valence-electron chi connectivity index (χ0n) is 14.7. The van der Waals surface area contributed by atoms with Gasteiger partial charge >= 0.3 is 0 Å². The Morgan fingerprint density at radius 1 is 0.760 bits per heavy atom. The molecule has 128 valence electrons. The van der Waals surface area contributed by atoms with Crippen molar-refractivity contribution in [1.82, 2.24) is 49.6 Å². The summed E-state index contributed by atoms with van der Waals surface area (Å²) in [5, 5.41) is 21.1. The van der Waals surface area contributed by atoms with Crippen molar-refractivity contribution in [3.8, 4) is 0 Å². The maximum atomic E-state index is 4.54. The van der Waals surface area contributed by atoms with E-state index in [0.717, 1.165) is 5.82 Å². The minimum Gasteiger partial charge on any atom is -0.234 e. The molecule has 0 unspecified atom stereocenters.